The van der Waals surface area contributed by atoms with Crippen LogP contribution in [0.2, 0.25) is 4.34 Å². The van der Waals surface area contributed by atoms with E-state index in [2.05, 4.69) is 5.32 Å². The molecule has 1 aromatic heterocycles. The number of carboxylic acids is 1. The zero-order valence-electron chi connectivity index (χ0n) is 9.20. The molecule has 1 aromatic rings. The molecule has 0 bridgehead atoms. The molecule has 0 aromatic carbocycles. The summed E-state index contributed by atoms with van der Waals surface area (Å²) in [4.78, 5) is 23.7. The summed E-state index contributed by atoms with van der Waals surface area (Å²) < 4.78 is 0.624. The van der Waals surface area contributed by atoms with Crippen molar-refractivity contribution in [3.63, 3.8) is 0 Å². The van der Waals surface area contributed by atoms with Crippen molar-refractivity contribution in [3.05, 3.63) is 21.3 Å². The van der Waals surface area contributed by atoms with Crippen LogP contribution in [0.3, 0.4) is 0 Å². The van der Waals surface area contributed by atoms with E-state index in [1.54, 1.807) is 19.1 Å². The summed E-state index contributed by atoms with van der Waals surface area (Å²) in [7, 11) is 0. The summed E-state index contributed by atoms with van der Waals surface area (Å²) in [6.07, 6.45) is 1.01. The fourth-order valence-electron chi connectivity index (χ4n) is 1.55. The van der Waals surface area contributed by atoms with Crippen LogP contribution in [0.25, 0.3) is 0 Å². The molecule has 2 rings (SSSR count). The Labute approximate surface area is 108 Å². The number of thiophene rings is 1. The second kappa shape index (κ2) is 4.31. The second-order valence-electron chi connectivity index (χ2n) is 4.24. The minimum absolute atomic E-state index is 0.261. The Balaban J connectivity index is 2.04. The van der Waals surface area contributed by atoms with Gasteiger partial charge in [0.2, 0.25) is 5.91 Å². The van der Waals surface area contributed by atoms with Crippen LogP contribution >= 0.6 is 22.9 Å². The van der Waals surface area contributed by atoms with Gasteiger partial charge in [-0.2, -0.15) is 0 Å². The molecular formula is C11H12ClNO3S. The Morgan fingerprint density at radius 3 is 2.59 bits per heavy atom. The molecule has 1 aliphatic carbocycles. The van der Waals surface area contributed by atoms with Crippen molar-refractivity contribution in [2.24, 2.45) is 0 Å². The van der Waals surface area contributed by atoms with Crippen LogP contribution in [0.5, 0.6) is 0 Å². The minimum atomic E-state index is -1.02. The molecule has 1 fully saturated rings. The van der Waals surface area contributed by atoms with Crippen LogP contribution in [0.1, 0.15) is 30.6 Å². The predicted molar refractivity (Wildman–Crippen MR) is 65.5 cm³/mol. The van der Waals surface area contributed by atoms with Gasteiger partial charge in [0.1, 0.15) is 5.54 Å². The van der Waals surface area contributed by atoms with Gasteiger partial charge in [0.25, 0.3) is 0 Å². The largest absolute Gasteiger partial charge is 0.480 e. The summed E-state index contributed by atoms with van der Waals surface area (Å²) in [6, 6.07) is 3.52. The number of carbonyl (C=O) groups excluding carboxylic acids is 1. The molecule has 2 N–H and O–H groups in total. The molecule has 1 heterocycles. The monoisotopic (exact) mass is 273 g/mol. The third-order valence-corrected chi connectivity index (χ3v) is 4.35. The van der Waals surface area contributed by atoms with Gasteiger partial charge in [-0.15, -0.1) is 11.3 Å². The number of halogens is 1. The molecule has 1 unspecified atom stereocenters. The fraction of sp³-hybridized carbons (Fsp3) is 0.455. The highest BCUT2D eigenvalue weighted by molar-refractivity contribution is 7.16. The van der Waals surface area contributed by atoms with Gasteiger partial charge in [-0.1, -0.05) is 11.6 Å². The van der Waals surface area contributed by atoms with Crippen LogP contribution in [0, 0.1) is 0 Å². The Bertz CT molecular complexity index is 467. The van der Waals surface area contributed by atoms with Crippen molar-refractivity contribution in [1.29, 1.82) is 0 Å². The molecule has 1 aliphatic rings. The first-order valence-electron chi connectivity index (χ1n) is 5.25. The number of nitrogens with one attached hydrogen (secondary N) is 1. The van der Waals surface area contributed by atoms with E-state index in [9.17, 15) is 9.59 Å². The van der Waals surface area contributed by atoms with Gasteiger partial charge < -0.3 is 10.4 Å². The molecule has 0 spiro atoms. The molecule has 1 amide bonds. The highest BCUT2D eigenvalue weighted by Gasteiger charge is 2.52. The van der Waals surface area contributed by atoms with E-state index in [0.717, 1.165) is 4.88 Å². The van der Waals surface area contributed by atoms with E-state index in [-0.39, 0.29) is 11.8 Å². The summed E-state index contributed by atoms with van der Waals surface area (Å²) in [5, 5.41) is 11.6. The van der Waals surface area contributed by atoms with Gasteiger partial charge in [0, 0.05) is 4.88 Å². The maximum absolute atomic E-state index is 11.9. The lowest BCUT2D eigenvalue weighted by Crippen LogP contribution is -2.44. The average molecular weight is 274 g/mol. The Kier molecular flexibility index (Phi) is 3.14. The summed E-state index contributed by atoms with van der Waals surface area (Å²) >= 11 is 7.13. The predicted octanol–water partition coefficient (Wildman–Crippen LogP) is 2.24. The second-order valence-corrected chi connectivity index (χ2v) is 5.99. The van der Waals surface area contributed by atoms with Gasteiger partial charge in [0.05, 0.1) is 10.3 Å². The summed E-state index contributed by atoms with van der Waals surface area (Å²) in [5.41, 5.74) is -1.02. The third-order valence-electron chi connectivity index (χ3n) is 2.94. The number of carboxylic acid groups (broad SMARTS) is 1. The maximum Gasteiger partial charge on any atom is 0.329 e. The lowest BCUT2D eigenvalue weighted by atomic mass is 10.1. The first kappa shape index (κ1) is 12.4. The Morgan fingerprint density at radius 2 is 2.18 bits per heavy atom. The van der Waals surface area contributed by atoms with Crippen molar-refractivity contribution in [2.75, 3.05) is 0 Å². The molecule has 1 atom stereocenters. The molecule has 6 heteroatoms. The SMILES string of the molecule is CC(C(=O)NC1(C(=O)O)CC1)c1ccc(Cl)s1. The Hall–Kier alpha value is -1.07. The highest BCUT2D eigenvalue weighted by atomic mass is 35.5. The average Bonchev–Trinajstić information content (AvgIpc) is 2.92. The van der Waals surface area contributed by atoms with E-state index in [0.29, 0.717) is 17.2 Å². The lowest BCUT2D eigenvalue weighted by molar-refractivity contribution is -0.143. The molecular weight excluding hydrogens is 262 g/mol. The van der Waals surface area contributed by atoms with Crippen LogP contribution in [-0.2, 0) is 9.59 Å². The van der Waals surface area contributed by atoms with Gasteiger partial charge in [-0.05, 0) is 31.9 Å². The van der Waals surface area contributed by atoms with Crippen molar-refractivity contribution in [3.8, 4) is 0 Å². The number of aliphatic carboxylic acids is 1. The van der Waals surface area contributed by atoms with Gasteiger partial charge >= 0.3 is 5.97 Å². The number of hydrogen-bond donors (Lipinski definition) is 2. The highest BCUT2D eigenvalue weighted by Crippen LogP contribution is 2.37. The fourth-order valence-corrected chi connectivity index (χ4v) is 2.66. The van der Waals surface area contributed by atoms with Crippen LogP contribution in [-0.4, -0.2) is 22.5 Å². The van der Waals surface area contributed by atoms with Gasteiger partial charge in [-0.25, -0.2) is 4.79 Å². The molecule has 1 saturated carbocycles. The number of amides is 1. The number of hydrogen-bond acceptors (Lipinski definition) is 3. The van der Waals surface area contributed by atoms with Gasteiger partial charge in [0.15, 0.2) is 0 Å². The van der Waals surface area contributed by atoms with Crippen LogP contribution in [0.15, 0.2) is 12.1 Å². The first-order chi connectivity index (χ1) is 7.94. The lowest BCUT2D eigenvalue weighted by Gasteiger charge is -2.15. The summed E-state index contributed by atoms with van der Waals surface area (Å²) in [5.74, 6) is -1.59. The van der Waals surface area contributed by atoms with Crippen molar-refractivity contribution in [1.82, 2.24) is 5.32 Å². The number of rotatable bonds is 4. The Morgan fingerprint density at radius 1 is 1.53 bits per heavy atom. The zero-order valence-corrected chi connectivity index (χ0v) is 10.8. The summed E-state index contributed by atoms with van der Waals surface area (Å²) in [6.45, 7) is 1.75. The molecule has 0 aliphatic heterocycles. The maximum atomic E-state index is 11.9. The standard InChI is InChI=1S/C11H12ClNO3S/c1-6(7-2-3-8(12)17-7)9(14)13-11(4-5-11)10(15)16/h2-3,6H,4-5H2,1H3,(H,13,14)(H,15,16). The normalized spacial score (nSPS) is 18.5. The smallest absolute Gasteiger partial charge is 0.329 e. The van der Waals surface area contributed by atoms with E-state index in [4.69, 9.17) is 16.7 Å². The first-order valence-corrected chi connectivity index (χ1v) is 6.45. The van der Waals surface area contributed by atoms with Crippen LogP contribution in [0.4, 0.5) is 0 Å². The van der Waals surface area contributed by atoms with E-state index >= 15 is 0 Å². The van der Waals surface area contributed by atoms with Crippen molar-refractivity contribution in [2.45, 2.75) is 31.2 Å². The molecule has 0 saturated heterocycles. The molecule has 17 heavy (non-hydrogen) atoms. The van der Waals surface area contributed by atoms with Crippen LogP contribution < -0.4 is 5.32 Å². The molecule has 4 nitrogen and oxygen atoms in total. The van der Waals surface area contributed by atoms with E-state index in [1.165, 1.54) is 11.3 Å². The zero-order chi connectivity index (χ0) is 12.6. The molecule has 92 valence electrons. The quantitative estimate of drug-likeness (QED) is 0.884. The molecule has 0 radical (unpaired) electrons. The van der Waals surface area contributed by atoms with E-state index in [1.807, 2.05) is 0 Å². The van der Waals surface area contributed by atoms with Crippen molar-refractivity contribution >= 4 is 34.8 Å². The van der Waals surface area contributed by atoms with Gasteiger partial charge in [-0.3, -0.25) is 4.79 Å². The van der Waals surface area contributed by atoms with E-state index < -0.39 is 11.5 Å². The number of carbonyl (C=O) groups is 2. The minimum Gasteiger partial charge on any atom is -0.480 e. The third kappa shape index (κ3) is 2.45. The topological polar surface area (TPSA) is 66.4 Å². The van der Waals surface area contributed by atoms with Crippen molar-refractivity contribution < 1.29 is 14.7 Å².